The lowest BCUT2D eigenvalue weighted by Crippen LogP contribution is -2.59. The lowest BCUT2D eigenvalue weighted by molar-refractivity contribution is -0.146. The van der Waals surface area contributed by atoms with Gasteiger partial charge in [-0.15, -0.1) is 0 Å². The van der Waals surface area contributed by atoms with Crippen molar-refractivity contribution in [2.24, 2.45) is 46.3 Å². The first-order chi connectivity index (χ1) is 12.2. The van der Waals surface area contributed by atoms with Crippen LogP contribution in [-0.4, -0.2) is 22.4 Å². The molecular formula is C24H40O2. The summed E-state index contributed by atoms with van der Waals surface area (Å²) in [5.41, 5.74) is 1.93. The zero-order valence-corrected chi connectivity index (χ0v) is 17.5. The topological polar surface area (TPSA) is 40.5 Å². The Morgan fingerprint density at radius 2 is 1.62 bits per heavy atom. The summed E-state index contributed by atoms with van der Waals surface area (Å²) in [6.07, 6.45) is 9.91. The van der Waals surface area contributed by atoms with Crippen LogP contribution in [-0.2, 0) is 0 Å². The van der Waals surface area contributed by atoms with Gasteiger partial charge in [0, 0.05) is 0 Å². The summed E-state index contributed by atoms with van der Waals surface area (Å²) < 4.78 is 0. The van der Waals surface area contributed by atoms with E-state index < -0.39 is 0 Å². The summed E-state index contributed by atoms with van der Waals surface area (Å²) in [6, 6.07) is 0. The fraction of sp³-hybridized carbons (Fsp3) is 0.917. The summed E-state index contributed by atoms with van der Waals surface area (Å²) >= 11 is 0. The maximum atomic E-state index is 11.5. The number of fused-ring (bicyclic) bond motifs is 5. The smallest absolute Gasteiger partial charge is 0.0786 e. The molecule has 2 heteroatoms. The van der Waals surface area contributed by atoms with Gasteiger partial charge in [0.15, 0.2) is 0 Å². The third kappa shape index (κ3) is 2.43. The Kier molecular flexibility index (Phi) is 4.63. The number of aliphatic hydroxyl groups excluding tert-OH is 2. The number of aliphatic hydroxyl groups is 2. The van der Waals surface area contributed by atoms with Gasteiger partial charge in [-0.05, 0) is 104 Å². The highest BCUT2D eigenvalue weighted by Crippen LogP contribution is 2.69. The van der Waals surface area contributed by atoms with Crippen LogP contribution in [0.2, 0.25) is 0 Å². The van der Waals surface area contributed by atoms with E-state index in [1.54, 1.807) is 0 Å². The molecule has 2 N–H and O–H groups in total. The monoisotopic (exact) mass is 360 g/mol. The zero-order valence-electron chi connectivity index (χ0n) is 17.5. The molecule has 0 spiro atoms. The molecule has 0 aromatic rings. The Hall–Kier alpha value is -0.340. The molecule has 9 atom stereocenters. The summed E-state index contributed by atoms with van der Waals surface area (Å²) in [7, 11) is 0. The predicted octanol–water partition coefficient (Wildman–Crippen LogP) is 5.19. The van der Waals surface area contributed by atoms with Gasteiger partial charge >= 0.3 is 0 Å². The van der Waals surface area contributed by atoms with Crippen molar-refractivity contribution in [2.75, 3.05) is 0 Å². The Labute approximate surface area is 160 Å². The molecule has 4 saturated carbocycles. The van der Waals surface area contributed by atoms with Crippen molar-refractivity contribution in [3.8, 4) is 0 Å². The van der Waals surface area contributed by atoms with Gasteiger partial charge in [0.25, 0.3) is 0 Å². The average Bonchev–Trinajstić information content (AvgIpc) is 2.94. The van der Waals surface area contributed by atoms with Gasteiger partial charge in [-0.3, -0.25) is 0 Å². The van der Waals surface area contributed by atoms with E-state index in [0.717, 1.165) is 31.1 Å². The minimum Gasteiger partial charge on any atom is -0.393 e. The van der Waals surface area contributed by atoms with E-state index in [1.165, 1.54) is 31.3 Å². The Morgan fingerprint density at radius 1 is 0.962 bits per heavy atom. The molecule has 0 bridgehead atoms. The lowest BCUT2D eigenvalue weighted by Gasteiger charge is -2.63. The molecule has 4 fully saturated rings. The summed E-state index contributed by atoms with van der Waals surface area (Å²) in [6.45, 7) is 12.0. The van der Waals surface area contributed by atoms with Crippen LogP contribution in [0.1, 0.15) is 79.6 Å². The molecular weight excluding hydrogens is 320 g/mol. The van der Waals surface area contributed by atoms with E-state index in [0.29, 0.717) is 29.1 Å². The van der Waals surface area contributed by atoms with Gasteiger partial charge in [0.05, 0.1) is 12.2 Å². The first-order valence-corrected chi connectivity index (χ1v) is 11.3. The number of hydrogen-bond donors (Lipinski definition) is 2. The van der Waals surface area contributed by atoms with E-state index in [1.807, 2.05) is 0 Å². The van der Waals surface area contributed by atoms with Crippen LogP contribution in [0.15, 0.2) is 11.6 Å². The Bertz CT molecular complexity index is 581. The molecule has 0 aromatic heterocycles. The molecule has 4 rings (SSSR count). The average molecular weight is 361 g/mol. The SMILES string of the molecule is C/C=C1/[C@H](O)C2C3CC[C@H](C(C)C)[C@@]3(C)CCC2[C@@]2(C)CC[C@@H](O)C[C@@H]12. The van der Waals surface area contributed by atoms with Crippen molar-refractivity contribution in [3.05, 3.63) is 11.6 Å². The van der Waals surface area contributed by atoms with Crippen LogP contribution in [0.5, 0.6) is 0 Å². The number of allylic oxidation sites excluding steroid dienone is 1. The van der Waals surface area contributed by atoms with Gasteiger partial charge in [0.2, 0.25) is 0 Å². The second-order valence-corrected chi connectivity index (χ2v) is 11.0. The van der Waals surface area contributed by atoms with Gasteiger partial charge in [0.1, 0.15) is 0 Å². The second kappa shape index (κ2) is 6.34. The van der Waals surface area contributed by atoms with Crippen LogP contribution < -0.4 is 0 Å². The fourth-order valence-corrected chi connectivity index (χ4v) is 8.61. The highest BCUT2D eigenvalue weighted by molar-refractivity contribution is 5.26. The molecule has 2 nitrogen and oxygen atoms in total. The lowest BCUT2D eigenvalue weighted by atomic mass is 9.42. The normalized spacial score (nSPS) is 55.5. The standard InChI is InChI=1S/C24H40O2/c1-6-16-20-13-15(25)9-11-24(20,5)19-10-12-23(4)17(14(2)3)7-8-18(23)21(19)22(16)26/h6,14-15,17-22,25-26H,7-13H2,1-5H3/b16-6+/t15-,17-,18?,19?,20+,21?,22+,23-,24-/m1/s1. The van der Waals surface area contributed by atoms with Crippen LogP contribution in [0.25, 0.3) is 0 Å². The van der Waals surface area contributed by atoms with Gasteiger partial charge in [-0.25, -0.2) is 0 Å². The van der Waals surface area contributed by atoms with Crippen LogP contribution >= 0.6 is 0 Å². The van der Waals surface area contributed by atoms with Crippen molar-refractivity contribution in [3.63, 3.8) is 0 Å². The summed E-state index contributed by atoms with van der Waals surface area (Å²) in [5, 5.41) is 21.9. The zero-order chi connectivity index (χ0) is 18.9. The minimum atomic E-state index is -0.288. The highest BCUT2D eigenvalue weighted by atomic mass is 16.3. The van der Waals surface area contributed by atoms with Gasteiger partial charge in [-0.2, -0.15) is 0 Å². The molecule has 4 aliphatic carbocycles. The van der Waals surface area contributed by atoms with E-state index in [9.17, 15) is 10.2 Å². The number of hydrogen-bond acceptors (Lipinski definition) is 2. The quantitative estimate of drug-likeness (QED) is 0.632. The Balaban J connectivity index is 1.74. The summed E-state index contributed by atoms with van der Waals surface area (Å²) in [4.78, 5) is 0. The molecule has 0 radical (unpaired) electrons. The molecule has 0 aliphatic heterocycles. The van der Waals surface area contributed by atoms with Crippen LogP contribution in [0.4, 0.5) is 0 Å². The van der Waals surface area contributed by atoms with E-state index in [-0.39, 0.29) is 17.6 Å². The molecule has 148 valence electrons. The second-order valence-electron chi connectivity index (χ2n) is 11.0. The Morgan fingerprint density at radius 3 is 2.27 bits per heavy atom. The van der Waals surface area contributed by atoms with Gasteiger partial charge < -0.3 is 10.2 Å². The molecule has 0 saturated heterocycles. The largest absolute Gasteiger partial charge is 0.393 e. The first-order valence-electron chi connectivity index (χ1n) is 11.3. The van der Waals surface area contributed by atoms with E-state index >= 15 is 0 Å². The minimum absolute atomic E-state index is 0.183. The molecule has 0 heterocycles. The summed E-state index contributed by atoms with van der Waals surface area (Å²) in [5.74, 6) is 3.66. The van der Waals surface area contributed by atoms with Crippen molar-refractivity contribution >= 4 is 0 Å². The van der Waals surface area contributed by atoms with E-state index in [2.05, 4.69) is 40.7 Å². The van der Waals surface area contributed by atoms with Crippen LogP contribution in [0, 0.1) is 46.3 Å². The van der Waals surface area contributed by atoms with Crippen molar-refractivity contribution in [2.45, 2.75) is 91.8 Å². The molecule has 26 heavy (non-hydrogen) atoms. The maximum Gasteiger partial charge on any atom is 0.0786 e. The maximum absolute atomic E-state index is 11.5. The van der Waals surface area contributed by atoms with Gasteiger partial charge in [-0.1, -0.05) is 33.8 Å². The third-order valence-corrected chi connectivity index (χ3v) is 9.82. The number of rotatable bonds is 1. The van der Waals surface area contributed by atoms with Crippen LogP contribution in [0.3, 0.4) is 0 Å². The first kappa shape index (κ1) is 19.0. The third-order valence-electron chi connectivity index (χ3n) is 9.82. The molecule has 4 aliphatic rings. The fourth-order valence-electron chi connectivity index (χ4n) is 8.61. The van der Waals surface area contributed by atoms with Crippen molar-refractivity contribution in [1.29, 1.82) is 0 Å². The molecule has 0 aromatic carbocycles. The predicted molar refractivity (Wildman–Crippen MR) is 107 cm³/mol. The van der Waals surface area contributed by atoms with E-state index in [4.69, 9.17) is 0 Å². The van der Waals surface area contributed by atoms with Crippen molar-refractivity contribution < 1.29 is 10.2 Å². The molecule has 0 amide bonds. The highest BCUT2D eigenvalue weighted by Gasteiger charge is 2.63. The molecule has 3 unspecified atom stereocenters. The van der Waals surface area contributed by atoms with Crippen molar-refractivity contribution in [1.82, 2.24) is 0 Å².